The SMILES string of the molecule is CC1(C)Cc2cc(C#CCCO)ccc2O1. The van der Waals surface area contributed by atoms with Gasteiger partial charge in [0, 0.05) is 18.4 Å². The van der Waals surface area contributed by atoms with E-state index in [4.69, 9.17) is 9.84 Å². The molecule has 0 unspecified atom stereocenters. The van der Waals surface area contributed by atoms with Gasteiger partial charge in [0.25, 0.3) is 0 Å². The summed E-state index contributed by atoms with van der Waals surface area (Å²) in [6.45, 7) is 4.29. The van der Waals surface area contributed by atoms with Crippen molar-refractivity contribution in [3.8, 4) is 17.6 Å². The second kappa shape index (κ2) is 4.19. The first kappa shape index (κ1) is 11.0. The average Bonchev–Trinajstić information content (AvgIpc) is 2.51. The Labute approximate surface area is 96.3 Å². The average molecular weight is 216 g/mol. The summed E-state index contributed by atoms with van der Waals surface area (Å²) in [5.74, 6) is 6.93. The minimum absolute atomic E-state index is 0.0977. The van der Waals surface area contributed by atoms with Crippen LogP contribution in [0.15, 0.2) is 18.2 Å². The molecule has 0 aliphatic carbocycles. The summed E-state index contributed by atoms with van der Waals surface area (Å²) in [6.07, 6.45) is 1.46. The number of fused-ring (bicyclic) bond motifs is 1. The third-order valence-corrected chi connectivity index (χ3v) is 2.53. The predicted molar refractivity (Wildman–Crippen MR) is 63.4 cm³/mol. The molecule has 2 rings (SSSR count). The lowest BCUT2D eigenvalue weighted by Crippen LogP contribution is -2.24. The van der Waals surface area contributed by atoms with Crippen LogP contribution in [0, 0.1) is 11.8 Å². The Morgan fingerprint density at radius 2 is 2.25 bits per heavy atom. The Hall–Kier alpha value is -1.46. The van der Waals surface area contributed by atoms with Gasteiger partial charge < -0.3 is 9.84 Å². The molecule has 84 valence electrons. The van der Waals surface area contributed by atoms with Crippen LogP contribution in [-0.4, -0.2) is 17.3 Å². The summed E-state index contributed by atoms with van der Waals surface area (Å²) >= 11 is 0. The van der Waals surface area contributed by atoms with Gasteiger partial charge in [0.1, 0.15) is 11.4 Å². The molecule has 0 radical (unpaired) electrons. The Morgan fingerprint density at radius 3 is 3.00 bits per heavy atom. The van der Waals surface area contributed by atoms with Crippen LogP contribution in [0.3, 0.4) is 0 Å². The molecular weight excluding hydrogens is 200 g/mol. The van der Waals surface area contributed by atoms with Gasteiger partial charge in [-0.15, -0.1) is 0 Å². The van der Waals surface area contributed by atoms with Crippen molar-refractivity contribution in [3.63, 3.8) is 0 Å². The fourth-order valence-electron chi connectivity index (χ4n) is 1.91. The maximum atomic E-state index is 8.65. The summed E-state index contributed by atoms with van der Waals surface area (Å²) in [6, 6.07) is 6.02. The van der Waals surface area contributed by atoms with Gasteiger partial charge >= 0.3 is 0 Å². The van der Waals surface area contributed by atoms with Crippen LogP contribution < -0.4 is 4.74 Å². The molecule has 1 N–H and O–H groups in total. The van der Waals surface area contributed by atoms with Gasteiger partial charge in [-0.1, -0.05) is 11.8 Å². The molecule has 0 saturated carbocycles. The van der Waals surface area contributed by atoms with E-state index in [0.717, 1.165) is 17.7 Å². The Kier molecular flexibility index (Phi) is 2.89. The molecule has 1 aliphatic heterocycles. The molecule has 2 nitrogen and oxygen atoms in total. The zero-order valence-electron chi connectivity index (χ0n) is 9.71. The molecule has 0 atom stereocenters. The molecule has 1 aliphatic rings. The topological polar surface area (TPSA) is 29.5 Å². The Balaban J connectivity index is 2.20. The van der Waals surface area contributed by atoms with Crippen molar-refractivity contribution in [2.24, 2.45) is 0 Å². The third kappa shape index (κ3) is 2.37. The largest absolute Gasteiger partial charge is 0.487 e. The van der Waals surface area contributed by atoms with Crippen molar-refractivity contribution >= 4 is 0 Å². The highest BCUT2D eigenvalue weighted by molar-refractivity contribution is 5.47. The van der Waals surface area contributed by atoms with Crippen molar-refractivity contribution < 1.29 is 9.84 Å². The van der Waals surface area contributed by atoms with Gasteiger partial charge in [-0.05, 0) is 37.6 Å². The summed E-state index contributed by atoms with van der Waals surface area (Å²) < 4.78 is 5.79. The van der Waals surface area contributed by atoms with Crippen LogP contribution in [0.4, 0.5) is 0 Å². The number of ether oxygens (including phenoxy) is 1. The third-order valence-electron chi connectivity index (χ3n) is 2.53. The van der Waals surface area contributed by atoms with E-state index < -0.39 is 0 Å². The minimum Gasteiger partial charge on any atom is -0.487 e. The van der Waals surface area contributed by atoms with Gasteiger partial charge in [0.2, 0.25) is 0 Å². The van der Waals surface area contributed by atoms with Crippen LogP contribution in [0.25, 0.3) is 0 Å². The number of aliphatic hydroxyl groups is 1. The van der Waals surface area contributed by atoms with Crippen molar-refractivity contribution in [2.45, 2.75) is 32.3 Å². The standard InChI is InChI=1S/C14H16O2/c1-14(2)10-12-9-11(5-3-4-8-15)6-7-13(12)16-14/h6-7,9,15H,4,8,10H2,1-2H3. The second-order valence-corrected chi connectivity index (χ2v) is 4.64. The molecule has 0 saturated heterocycles. The maximum Gasteiger partial charge on any atom is 0.123 e. The van der Waals surface area contributed by atoms with Crippen LogP contribution >= 0.6 is 0 Å². The van der Waals surface area contributed by atoms with Crippen molar-refractivity contribution in [1.29, 1.82) is 0 Å². The number of rotatable bonds is 1. The highest BCUT2D eigenvalue weighted by Gasteiger charge is 2.29. The van der Waals surface area contributed by atoms with E-state index in [0.29, 0.717) is 6.42 Å². The number of benzene rings is 1. The Morgan fingerprint density at radius 1 is 1.44 bits per heavy atom. The highest BCUT2D eigenvalue weighted by atomic mass is 16.5. The lowest BCUT2D eigenvalue weighted by atomic mass is 10.0. The number of hydrogen-bond donors (Lipinski definition) is 1. The van der Waals surface area contributed by atoms with Gasteiger partial charge in [0.15, 0.2) is 0 Å². The lowest BCUT2D eigenvalue weighted by molar-refractivity contribution is 0.138. The predicted octanol–water partition coefficient (Wildman–Crippen LogP) is 2.13. The van der Waals surface area contributed by atoms with Gasteiger partial charge in [-0.3, -0.25) is 0 Å². The van der Waals surface area contributed by atoms with Crippen LogP contribution in [0.2, 0.25) is 0 Å². The van der Waals surface area contributed by atoms with E-state index in [1.54, 1.807) is 0 Å². The van der Waals surface area contributed by atoms with Crippen molar-refractivity contribution in [3.05, 3.63) is 29.3 Å². The molecule has 0 aromatic heterocycles. The molecule has 1 aromatic carbocycles. The zero-order valence-corrected chi connectivity index (χ0v) is 9.71. The molecule has 0 spiro atoms. The van der Waals surface area contributed by atoms with E-state index in [2.05, 4.69) is 31.8 Å². The molecule has 2 heteroatoms. The monoisotopic (exact) mass is 216 g/mol. The van der Waals surface area contributed by atoms with E-state index >= 15 is 0 Å². The molecule has 16 heavy (non-hydrogen) atoms. The summed E-state index contributed by atoms with van der Waals surface area (Å²) in [5, 5.41) is 8.65. The van der Waals surface area contributed by atoms with Gasteiger partial charge in [0.05, 0.1) is 6.61 Å². The summed E-state index contributed by atoms with van der Waals surface area (Å²) in [4.78, 5) is 0. The Bertz CT molecular complexity index is 450. The fraction of sp³-hybridized carbons (Fsp3) is 0.429. The smallest absolute Gasteiger partial charge is 0.123 e. The first-order valence-electron chi connectivity index (χ1n) is 5.52. The quantitative estimate of drug-likeness (QED) is 0.729. The van der Waals surface area contributed by atoms with Gasteiger partial charge in [-0.25, -0.2) is 0 Å². The summed E-state index contributed by atoms with van der Waals surface area (Å²) in [7, 11) is 0. The molecule has 0 fully saturated rings. The van der Waals surface area contributed by atoms with Crippen LogP contribution in [0.1, 0.15) is 31.4 Å². The fourth-order valence-corrected chi connectivity index (χ4v) is 1.91. The number of hydrogen-bond acceptors (Lipinski definition) is 2. The molecule has 1 aromatic rings. The molecule has 1 heterocycles. The van der Waals surface area contributed by atoms with Crippen molar-refractivity contribution in [1.82, 2.24) is 0 Å². The van der Waals surface area contributed by atoms with Crippen LogP contribution in [0.5, 0.6) is 5.75 Å². The molecule has 0 amide bonds. The summed E-state index contributed by atoms with van der Waals surface area (Å²) in [5.41, 5.74) is 2.12. The maximum absolute atomic E-state index is 8.65. The van der Waals surface area contributed by atoms with Gasteiger partial charge in [-0.2, -0.15) is 0 Å². The molecule has 0 bridgehead atoms. The highest BCUT2D eigenvalue weighted by Crippen LogP contribution is 2.34. The van der Waals surface area contributed by atoms with Crippen LogP contribution in [-0.2, 0) is 6.42 Å². The van der Waals surface area contributed by atoms with E-state index in [1.807, 2.05) is 12.1 Å². The zero-order chi connectivity index (χ0) is 11.6. The lowest BCUT2D eigenvalue weighted by Gasteiger charge is -2.16. The van der Waals surface area contributed by atoms with E-state index in [9.17, 15) is 0 Å². The van der Waals surface area contributed by atoms with Crippen molar-refractivity contribution in [2.75, 3.05) is 6.61 Å². The first-order chi connectivity index (χ1) is 7.61. The molecular formula is C14H16O2. The second-order valence-electron chi connectivity index (χ2n) is 4.64. The van der Waals surface area contributed by atoms with E-state index in [-0.39, 0.29) is 12.2 Å². The number of aliphatic hydroxyl groups excluding tert-OH is 1. The normalized spacial score (nSPS) is 15.9. The minimum atomic E-state index is -0.0977. The first-order valence-corrected chi connectivity index (χ1v) is 5.52. The van der Waals surface area contributed by atoms with E-state index in [1.165, 1.54) is 5.56 Å².